The monoisotopic (exact) mass is 308 g/mol. The fraction of sp³-hybridized carbons (Fsp3) is 0.133. The lowest BCUT2D eigenvalue weighted by Gasteiger charge is -2.10. The summed E-state index contributed by atoms with van der Waals surface area (Å²) in [7, 11) is 0. The number of anilines is 2. The van der Waals surface area contributed by atoms with E-state index in [4.69, 9.17) is 23.2 Å². The molecule has 0 fully saturated rings. The van der Waals surface area contributed by atoms with Crippen LogP contribution >= 0.6 is 23.2 Å². The zero-order valence-corrected chi connectivity index (χ0v) is 12.4. The molecule has 2 rings (SSSR count). The van der Waals surface area contributed by atoms with Crippen LogP contribution in [0.3, 0.4) is 0 Å². The minimum Gasteiger partial charge on any atom is -0.375 e. The summed E-state index contributed by atoms with van der Waals surface area (Å²) in [4.78, 5) is 11.8. The van der Waals surface area contributed by atoms with Gasteiger partial charge in [0.1, 0.15) is 0 Å². The highest BCUT2D eigenvalue weighted by atomic mass is 35.5. The summed E-state index contributed by atoms with van der Waals surface area (Å²) in [5.74, 6) is -0.149. The quantitative estimate of drug-likeness (QED) is 0.881. The van der Waals surface area contributed by atoms with Gasteiger partial charge in [-0.05, 0) is 36.8 Å². The van der Waals surface area contributed by atoms with Crippen LogP contribution in [-0.4, -0.2) is 12.5 Å². The van der Waals surface area contributed by atoms with Gasteiger partial charge in [-0.15, -0.1) is 0 Å². The highest BCUT2D eigenvalue weighted by molar-refractivity contribution is 6.35. The summed E-state index contributed by atoms with van der Waals surface area (Å²) in [5, 5.41) is 6.91. The summed E-state index contributed by atoms with van der Waals surface area (Å²) < 4.78 is 0. The Morgan fingerprint density at radius 3 is 2.50 bits per heavy atom. The molecule has 0 heterocycles. The third-order valence-corrected chi connectivity index (χ3v) is 3.47. The number of hydrogen-bond acceptors (Lipinski definition) is 2. The Kier molecular flexibility index (Phi) is 4.88. The van der Waals surface area contributed by atoms with Crippen LogP contribution in [0.2, 0.25) is 10.0 Å². The minimum atomic E-state index is -0.149. The Bertz CT molecular complexity index is 615. The zero-order chi connectivity index (χ0) is 14.5. The van der Waals surface area contributed by atoms with E-state index in [9.17, 15) is 4.79 Å². The highest BCUT2D eigenvalue weighted by Gasteiger charge is 2.07. The summed E-state index contributed by atoms with van der Waals surface area (Å²) in [6, 6.07) is 12.7. The molecule has 0 aliphatic heterocycles. The molecule has 2 N–H and O–H groups in total. The first-order valence-corrected chi connectivity index (χ1v) is 6.86. The van der Waals surface area contributed by atoms with Gasteiger partial charge in [0.25, 0.3) is 0 Å². The van der Waals surface area contributed by atoms with Crippen LogP contribution in [0.4, 0.5) is 11.4 Å². The van der Waals surface area contributed by atoms with Gasteiger partial charge < -0.3 is 10.6 Å². The molecule has 0 saturated carbocycles. The van der Waals surface area contributed by atoms with E-state index in [2.05, 4.69) is 10.6 Å². The molecular formula is C15H14Cl2N2O. The average Bonchev–Trinajstić information content (AvgIpc) is 2.42. The lowest BCUT2D eigenvalue weighted by atomic mass is 10.2. The molecule has 0 radical (unpaired) electrons. The Hall–Kier alpha value is -1.71. The topological polar surface area (TPSA) is 41.1 Å². The van der Waals surface area contributed by atoms with E-state index in [0.29, 0.717) is 15.7 Å². The molecule has 0 aliphatic carbocycles. The Morgan fingerprint density at radius 1 is 1.10 bits per heavy atom. The zero-order valence-electron chi connectivity index (χ0n) is 10.9. The third-order valence-electron chi connectivity index (χ3n) is 2.75. The minimum absolute atomic E-state index is 0.119. The molecule has 2 aromatic carbocycles. The number of nitrogens with one attached hydrogen (secondary N) is 2. The normalized spacial score (nSPS) is 10.2. The molecule has 0 bridgehead atoms. The van der Waals surface area contributed by atoms with Gasteiger partial charge in [0.05, 0.1) is 17.3 Å². The van der Waals surface area contributed by atoms with Gasteiger partial charge in [-0.25, -0.2) is 0 Å². The van der Waals surface area contributed by atoms with Crippen LogP contribution in [0.5, 0.6) is 0 Å². The summed E-state index contributed by atoms with van der Waals surface area (Å²) in [6.07, 6.45) is 0. The smallest absolute Gasteiger partial charge is 0.243 e. The molecule has 20 heavy (non-hydrogen) atoms. The van der Waals surface area contributed by atoms with Crippen molar-refractivity contribution in [3.63, 3.8) is 0 Å². The highest BCUT2D eigenvalue weighted by Crippen LogP contribution is 2.28. The number of para-hydroxylation sites is 1. The van der Waals surface area contributed by atoms with Crippen LogP contribution in [0, 0.1) is 6.92 Å². The number of benzene rings is 2. The largest absolute Gasteiger partial charge is 0.375 e. The van der Waals surface area contributed by atoms with E-state index in [1.165, 1.54) is 0 Å². The first-order valence-electron chi connectivity index (χ1n) is 6.10. The maximum atomic E-state index is 11.8. The van der Waals surface area contributed by atoms with Crippen molar-refractivity contribution >= 4 is 40.5 Å². The number of halogens is 2. The number of amides is 1. The Morgan fingerprint density at radius 2 is 1.80 bits per heavy atom. The summed E-state index contributed by atoms with van der Waals surface area (Å²) >= 11 is 12.1. The van der Waals surface area contributed by atoms with Gasteiger partial charge in [0, 0.05) is 10.7 Å². The number of aryl methyl sites for hydroxylation is 1. The number of carbonyl (C=O) groups excluding carboxylic acids is 1. The second-order valence-electron chi connectivity index (χ2n) is 4.35. The van der Waals surface area contributed by atoms with Gasteiger partial charge in [0.15, 0.2) is 0 Å². The lowest BCUT2D eigenvalue weighted by molar-refractivity contribution is -0.114. The van der Waals surface area contributed by atoms with E-state index in [1.807, 2.05) is 37.3 Å². The molecule has 3 nitrogen and oxygen atoms in total. The first kappa shape index (κ1) is 14.7. The average molecular weight is 309 g/mol. The van der Waals surface area contributed by atoms with Crippen LogP contribution in [0.15, 0.2) is 42.5 Å². The molecule has 0 spiro atoms. The van der Waals surface area contributed by atoms with Gasteiger partial charge >= 0.3 is 0 Å². The van der Waals surface area contributed by atoms with Crippen molar-refractivity contribution in [2.75, 3.05) is 17.2 Å². The molecule has 0 aliphatic rings. The lowest BCUT2D eigenvalue weighted by Crippen LogP contribution is -2.21. The molecule has 0 saturated heterocycles. The Balaban J connectivity index is 1.95. The van der Waals surface area contributed by atoms with Crippen LogP contribution < -0.4 is 10.6 Å². The van der Waals surface area contributed by atoms with E-state index in [0.717, 1.165) is 11.3 Å². The summed E-state index contributed by atoms with van der Waals surface area (Å²) in [5.41, 5.74) is 2.30. The van der Waals surface area contributed by atoms with Gasteiger partial charge in [-0.3, -0.25) is 4.79 Å². The van der Waals surface area contributed by atoms with E-state index < -0.39 is 0 Å². The van der Waals surface area contributed by atoms with Crippen molar-refractivity contribution in [2.24, 2.45) is 0 Å². The molecule has 0 atom stereocenters. The number of carbonyl (C=O) groups is 1. The van der Waals surface area contributed by atoms with Gasteiger partial charge in [0.2, 0.25) is 5.91 Å². The Labute approximate surface area is 127 Å². The molecule has 5 heteroatoms. The van der Waals surface area contributed by atoms with Gasteiger partial charge in [-0.1, -0.05) is 41.4 Å². The molecular weight excluding hydrogens is 295 g/mol. The standard InChI is InChI=1S/C15H14Cl2N2O/c1-10-7-13(17)14(8-12(10)16)18-9-15(20)19-11-5-3-2-4-6-11/h2-8,18H,9H2,1H3,(H,19,20). The van der Waals surface area contributed by atoms with Crippen LogP contribution in [-0.2, 0) is 4.79 Å². The fourth-order valence-corrected chi connectivity index (χ4v) is 2.13. The number of hydrogen-bond donors (Lipinski definition) is 2. The van der Waals surface area contributed by atoms with Crippen molar-refractivity contribution < 1.29 is 4.79 Å². The van der Waals surface area contributed by atoms with Crippen molar-refractivity contribution in [3.8, 4) is 0 Å². The molecule has 1 amide bonds. The first-order chi connectivity index (χ1) is 9.56. The fourth-order valence-electron chi connectivity index (χ4n) is 1.68. The summed E-state index contributed by atoms with van der Waals surface area (Å²) in [6.45, 7) is 1.99. The van der Waals surface area contributed by atoms with E-state index in [-0.39, 0.29) is 12.5 Å². The van der Waals surface area contributed by atoms with Crippen LogP contribution in [0.1, 0.15) is 5.56 Å². The van der Waals surface area contributed by atoms with Crippen molar-refractivity contribution in [1.29, 1.82) is 0 Å². The van der Waals surface area contributed by atoms with Crippen molar-refractivity contribution in [3.05, 3.63) is 58.1 Å². The molecule has 0 aromatic heterocycles. The molecule has 2 aromatic rings. The van der Waals surface area contributed by atoms with Crippen molar-refractivity contribution in [2.45, 2.75) is 6.92 Å². The van der Waals surface area contributed by atoms with E-state index >= 15 is 0 Å². The van der Waals surface area contributed by atoms with Crippen molar-refractivity contribution in [1.82, 2.24) is 0 Å². The maximum Gasteiger partial charge on any atom is 0.243 e. The predicted octanol–water partition coefficient (Wildman–Crippen LogP) is 4.35. The maximum absolute atomic E-state index is 11.8. The molecule has 104 valence electrons. The number of rotatable bonds is 4. The second kappa shape index (κ2) is 6.64. The SMILES string of the molecule is Cc1cc(Cl)c(NCC(=O)Nc2ccccc2)cc1Cl. The van der Waals surface area contributed by atoms with Gasteiger partial charge in [-0.2, -0.15) is 0 Å². The van der Waals surface area contributed by atoms with E-state index in [1.54, 1.807) is 12.1 Å². The molecule has 0 unspecified atom stereocenters. The van der Waals surface area contributed by atoms with Crippen LogP contribution in [0.25, 0.3) is 0 Å². The third kappa shape index (κ3) is 3.89. The second-order valence-corrected chi connectivity index (χ2v) is 5.16. The predicted molar refractivity (Wildman–Crippen MR) is 84.8 cm³/mol.